The van der Waals surface area contributed by atoms with Crippen LogP contribution in [-0.2, 0) is 8.85 Å². The normalized spacial score (nSPS) is 15.8. The first-order valence-corrected chi connectivity index (χ1v) is 8.71. The van der Waals surface area contributed by atoms with Crippen molar-refractivity contribution in [3.05, 3.63) is 12.3 Å². The molecule has 3 heteroatoms. The van der Waals surface area contributed by atoms with Gasteiger partial charge in [-0.3, -0.25) is 0 Å². The van der Waals surface area contributed by atoms with Gasteiger partial charge in [0.05, 0.1) is 6.10 Å². The summed E-state index contributed by atoms with van der Waals surface area (Å²) in [5.41, 5.74) is 1.89. The van der Waals surface area contributed by atoms with Crippen LogP contribution in [0.5, 0.6) is 0 Å². The number of hydrogen-bond donors (Lipinski definition) is 0. The molecule has 1 unspecified atom stereocenters. The molecule has 0 bridgehead atoms. The molecule has 0 fully saturated rings. The average molecular weight is 244 g/mol. The van der Waals surface area contributed by atoms with Crippen LogP contribution in [0.3, 0.4) is 0 Å². The van der Waals surface area contributed by atoms with Crippen LogP contribution in [0.25, 0.3) is 0 Å². The molecule has 0 aliphatic carbocycles. The Hall–Kier alpha value is -0.123. The molecule has 0 aromatic heterocycles. The highest BCUT2D eigenvalue weighted by Crippen LogP contribution is 2.22. The van der Waals surface area contributed by atoms with Crippen molar-refractivity contribution >= 4 is 8.56 Å². The minimum Gasteiger partial charge on any atom is -0.391 e. The predicted octanol–water partition coefficient (Wildman–Crippen LogP) is 3.91. The predicted molar refractivity (Wildman–Crippen MR) is 72.6 cm³/mol. The molecule has 0 saturated carbocycles. The van der Waals surface area contributed by atoms with E-state index in [1.807, 2.05) is 5.70 Å². The fourth-order valence-corrected chi connectivity index (χ4v) is 3.73. The van der Waals surface area contributed by atoms with Gasteiger partial charge in [-0.15, -0.1) is 6.58 Å². The van der Waals surface area contributed by atoms with E-state index < -0.39 is 8.56 Å². The highest BCUT2D eigenvalue weighted by atomic mass is 28.4. The van der Waals surface area contributed by atoms with Crippen LogP contribution in [0, 0.1) is 11.8 Å². The summed E-state index contributed by atoms with van der Waals surface area (Å²) in [6.07, 6.45) is 1.28. The van der Waals surface area contributed by atoms with Crippen molar-refractivity contribution in [3.63, 3.8) is 0 Å². The summed E-state index contributed by atoms with van der Waals surface area (Å²) in [6.45, 7) is 17.6. The molecular formula is C13H28O2Si. The van der Waals surface area contributed by atoms with Crippen LogP contribution in [0.4, 0.5) is 0 Å². The average Bonchev–Trinajstić information content (AvgIpc) is 2.22. The first-order chi connectivity index (χ1) is 7.36. The molecule has 0 rings (SSSR count). The van der Waals surface area contributed by atoms with Gasteiger partial charge in [-0.25, -0.2) is 0 Å². The summed E-state index contributed by atoms with van der Waals surface area (Å²) in [6, 6.07) is 0. The van der Waals surface area contributed by atoms with Crippen molar-refractivity contribution in [1.29, 1.82) is 0 Å². The Morgan fingerprint density at radius 1 is 1.19 bits per heavy atom. The lowest BCUT2D eigenvalue weighted by molar-refractivity contribution is 0.0595. The molecule has 0 heterocycles. The van der Waals surface area contributed by atoms with Crippen LogP contribution in [-0.4, -0.2) is 21.3 Å². The van der Waals surface area contributed by atoms with Gasteiger partial charge in [0, 0.05) is 6.61 Å². The minimum absolute atomic E-state index is 0.256. The van der Waals surface area contributed by atoms with Gasteiger partial charge in [-0.2, -0.15) is 0 Å². The summed E-state index contributed by atoms with van der Waals surface area (Å²) in [5.74, 6) is 1.02. The quantitative estimate of drug-likeness (QED) is 0.603. The second kappa shape index (κ2) is 7.25. The van der Waals surface area contributed by atoms with Crippen LogP contribution in [0.1, 0.15) is 41.0 Å². The Kier molecular flexibility index (Phi) is 7.20. The lowest BCUT2D eigenvalue weighted by atomic mass is 9.97. The first-order valence-electron chi connectivity index (χ1n) is 6.31. The van der Waals surface area contributed by atoms with E-state index in [9.17, 15) is 0 Å². The molecule has 0 aromatic carbocycles. The van der Waals surface area contributed by atoms with Gasteiger partial charge in [-0.05, 0) is 30.5 Å². The molecule has 96 valence electrons. The maximum atomic E-state index is 6.21. The molecule has 0 spiro atoms. The van der Waals surface area contributed by atoms with E-state index in [2.05, 4.69) is 47.7 Å². The highest BCUT2D eigenvalue weighted by molar-refractivity contribution is 6.71. The van der Waals surface area contributed by atoms with Gasteiger partial charge in [0.25, 0.3) is 0 Å². The van der Waals surface area contributed by atoms with Crippen LogP contribution < -0.4 is 0 Å². The summed E-state index contributed by atoms with van der Waals surface area (Å²) >= 11 is 0. The lowest BCUT2D eigenvalue weighted by Gasteiger charge is -2.33. The minimum atomic E-state index is -2.17. The zero-order chi connectivity index (χ0) is 12.8. The van der Waals surface area contributed by atoms with E-state index in [1.54, 1.807) is 0 Å². The van der Waals surface area contributed by atoms with Crippen LogP contribution in [0.2, 0.25) is 6.55 Å². The molecule has 0 saturated heterocycles. The first kappa shape index (κ1) is 15.9. The van der Waals surface area contributed by atoms with Gasteiger partial charge >= 0.3 is 8.56 Å². The van der Waals surface area contributed by atoms with Crippen molar-refractivity contribution in [2.45, 2.75) is 53.7 Å². The Morgan fingerprint density at radius 2 is 1.69 bits per heavy atom. The fourth-order valence-electron chi connectivity index (χ4n) is 1.76. The Balaban J connectivity index is 4.52. The molecule has 0 radical (unpaired) electrons. The molecule has 0 aliphatic heterocycles. The summed E-state index contributed by atoms with van der Waals surface area (Å²) < 4.78 is 12.1. The smallest absolute Gasteiger partial charge is 0.361 e. The Labute approximate surface area is 102 Å². The number of hydrogen-bond acceptors (Lipinski definition) is 2. The number of rotatable bonds is 8. The molecule has 0 aliphatic rings. The third kappa shape index (κ3) is 5.28. The second-order valence-corrected chi connectivity index (χ2v) is 8.10. The molecule has 1 atom stereocenters. The molecule has 0 amide bonds. The zero-order valence-corrected chi connectivity index (χ0v) is 12.7. The van der Waals surface area contributed by atoms with E-state index in [0.29, 0.717) is 11.8 Å². The Bertz CT molecular complexity index is 196. The maximum Gasteiger partial charge on any atom is 0.361 e. The fraction of sp³-hybridized carbons (Fsp3) is 0.846. The van der Waals surface area contributed by atoms with Gasteiger partial charge in [0.1, 0.15) is 0 Å². The van der Waals surface area contributed by atoms with Crippen LogP contribution in [0.15, 0.2) is 12.3 Å². The van der Waals surface area contributed by atoms with Gasteiger partial charge in [-0.1, -0.05) is 34.6 Å². The molecule has 2 nitrogen and oxygen atoms in total. The van der Waals surface area contributed by atoms with Crippen molar-refractivity contribution in [2.75, 3.05) is 6.61 Å². The van der Waals surface area contributed by atoms with Crippen molar-refractivity contribution in [3.8, 4) is 0 Å². The monoisotopic (exact) mass is 244 g/mol. The molecule has 0 N–H and O–H groups in total. The van der Waals surface area contributed by atoms with Gasteiger partial charge in [0.2, 0.25) is 0 Å². The van der Waals surface area contributed by atoms with E-state index in [1.165, 1.54) is 0 Å². The summed E-state index contributed by atoms with van der Waals surface area (Å²) in [7, 11) is -2.17. The SMILES string of the molecule is C=C[Si](C)(OCCC)OC(C(C)C)C(C)C. The van der Waals surface area contributed by atoms with Gasteiger partial charge < -0.3 is 8.85 Å². The highest BCUT2D eigenvalue weighted by Gasteiger charge is 2.33. The lowest BCUT2D eigenvalue weighted by Crippen LogP contribution is -2.44. The molecule has 16 heavy (non-hydrogen) atoms. The van der Waals surface area contributed by atoms with Crippen molar-refractivity contribution < 1.29 is 8.85 Å². The van der Waals surface area contributed by atoms with E-state index >= 15 is 0 Å². The maximum absolute atomic E-state index is 6.21. The summed E-state index contributed by atoms with van der Waals surface area (Å²) in [5, 5.41) is 0. The van der Waals surface area contributed by atoms with Gasteiger partial charge in [0.15, 0.2) is 0 Å². The third-order valence-corrected chi connectivity index (χ3v) is 4.91. The van der Waals surface area contributed by atoms with Crippen molar-refractivity contribution in [2.24, 2.45) is 11.8 Å². The van der Waals surface area contributed by atoms with E-state index in [0.717, 1.165) is 13.0 Å². The standard InChI is InChI=1S/C13H28O2Si/c1-8-10-14-16(7,9-2)15-13(11(3)4)12(5)6/h9,11-13H,2,8,10H2,1,3-7H3. The second-order valence-electron chi connectivity index (χ2n) is 5.14. The van der Waals surface area contributed by atoms with E-state index in [4.69, 9.17) is 8.85 Å². The topological polar surface area (TPSA) is 18.5 Å². The van der Waals surface area contributed by atoms with E-state index in [-0.39, 0.29) is 6.10 Å². The van der Waals surface area contributed by atoms with Crippen LogP contribution >= 0.6 is 0 Å². The Morgan fingerprint density at radius 3 is 2.00 bits per heavy atom. The third-order valence-electron chi connectivity index (χ3n) is 2.65. The largest absolute Gasteiger partial charge is 0.391 e. The zero-order valence-electron chi connectivity index (χ0n) is 11.7. The molecule has 0 aromatic rings. The van der Waals surface area contributed by atoms with Crippen molar-refractivity contribution in [1.82, 2.24) is 0 Å². The summed E-state index contributed by atoms with van der Waals surface area (Å²) in [4.78, 5) is 0. The molecular weight excluding hydrogens is 216 g/mol.